The van der Waals surface area contributed by atoms with E-state index in [1.165, 1.54) is 18.6 Å². The maximum Gasteiger partial charge on any atom is 0.269 e. The number of nitrogens with zero attached hydrogens (tertiary/aromatic N) is 4. The fourth-order valence-corrected chi connectivity index (χ4v) is 4.69. The van der Waals surface area contributed by atoms with Crippen LogP contribution in [-0.2, 0) is 10.0 Å². The molecule has 1 aromatic heterocycles. The Labute approximate surface area is 191 Å². The van der Waals surface area contributed by atoms with E-state index in [0.29, 0.717) is 17.3 Å². The van der Waals surface area contributed by atoms with E-state index in [2.05, 4.69) is 24.9 Å². The van der Waals surface area contributed by atoms with Crippen molar-refractivity contribution < 1.29 is 13.3 Å². The lowest BCUT2D eigenvalue weighted by molar-refractivity contribution is -0.384. The van der Waals surface area contributed by atoms with Crippen molar-refractivity contribution in [3.8, 4) is 0 Å². The molecule has 2 N–H and O–H groups in total. The number of aryl methyl sites for hydroxylation is 1. The van der Waals surface area contributed by atoms with Crippen molar-refractivity contribution in [2.24, 2.45) is 0 Å². The summed E-state index contributed by atoms with van der Waals surface area (Å²) in [6.45, 7) is 3.83. The van der Waals surface area contributed by atoms with Gasteiger partial charge in [0, 0.05) is 42.7 Å². The number of sulfonamides is 1. The van der Waals surface area contributed by atoms with Gasteiger partial charge < -0.3 is 10.2 Å². The van der Waals surface area contributed by atoms with Gasteiger partial charge in [0.2, 0.25) is 0 Å². The van der Waals surface area contributed by atoms with Crippen molar-refractivity contribution in [3.63, 3.8) is 0 Å². The van der Waals surface area contributed by atoms with Gasteiger partial charge in [0.15, 0.2) is 0 Å². The molecule has 4 rings (SSSR count). The van der Waals surface area contributed by atoms with Gasteiger partial charge in [0.25, 0.3) is 15.7 Å². The molecule has 0 bridgehead atoms. The maximum absolute atomic E-state index is 12.6. The van der Waals surface area contributed by atoms with Gasteiger partial charge in [-0.1, -0.05) is 0 Å². The third-order valence-corrected chi connectivity index (χ3v) is 6.67. The number of hydrogen-bond donors (Lipinski definition) is 2. The van der Waals surface area contributed by atoms with Crippen LogP contribution in [0, 0.1) is 17.0 Å². The van der Waals surface area contributed by atoms with E-state index in [9.17, 15) is 18.5 Å². The van der Waals surface area contributed by atoms with E-state index in [0.717, 1.165) is 49.6 Å². The monoisotopic (exact) mass is 468 g/mol. The summed E-state index contributed by atoms with van der Waals surface area (Å²) in [5.74, 6) is 2.24. The van der Waals surface area contributed by atoms with Crippen LogP contribution in [0.4, 0.5) is 28.7 Å². The fraction of sp³-hybridized carbons (Fsp3) is 0.273. The Balaban J connectivity index is 1.45. The second kappa shape index (κ2) is 9.41. The standard InChI is InChI=1S/C22H24N6O4S/c1-16-23-21(15-22(24-16)27-13-3-2-4-14-27)25-17-5-7-18(8-6-17)26-33(31,32)20-11-9-19(10-12-20)28(29)30/h5-12,15,26H,2-4,13-14H2,1H3,(H,23,24,25). The second-order valence-electron chi connectivity index (χ2n) is 7.77. The van der Waals surface area contributed by atoms with Crippen molar-refractivity contribution >= 4 is 38.7 Å². The lowest BCUT2D eigenvalue weighted by Crippen LogP contribution is -2.30. The molecule has 0 unspecified atom stereocenters. The van der Waals surface area contributed by atoms with Crippen molar-refractivity contribution in [2.75, 3.05) is 28.0 Å². The molecule has 1 saturated heterocycles. The highest BCUT2D eigenvalue weighted by Crippen LogP contribution is 2.24. The van der Waals surface area contributed by atoms with E-state index >= 15 is 0 Å². The lowest BCUT2D eigenvalue weighted by atomic mass is 10.1. The summed E-state index contributed by atoms with van der Waals surface area (Å²) in [5.41, 5.74) is 0.940. The molecular formula is C22H24N6O4S. The molecule has 0 aliphatic carbocycles. The Morgan fingerprint density at radius 1 is 0.939 bits per heavy atom. The summed E-state index contributed by atoms with van der Waals surface area (Å²) in [7, 11) is -3.87. The highest BCUT2D eigenvalue weighted by molar-refractivity contribution is 7.92. The third-order valence-electron chi connectivity index (χ3n) is 5.27. The summed E-state index contributed by atoms with van der Waals surface area (Å²) in [5, 5.41) is 14.0. The zero-order valence-corrected chi connectivity index (χ0v) is 18.9. The summed E-state index contributed by atoms with van der Waals surface area (Å²) < 4.78 is 27.6. The first kappa shape index (κ1) is 22.5. The first-order chi connectivity index (χ1) is 15.8. The van der Waals surface area contributed by atoms with E-state index in [1.54, 1.807) is 24.3 Å². The average Bonchev–Trinajstić information content (AvgIpc) is 2.80. The quantitative estimate of drug-likeness (QED) is 0.389. The molecule has 1 fully saturated rings. The Morgan fingerprint density at radius 2 is 1.58 bits per heavy atom. The molecule has 1 aliphatic heterocycles. The molecule has 3 aromatic rings. The molecule has 0 saturated carbocycles. The topological polar surface area (TPSA) is 130 Å². The number of nitrogens with one attached hydrogen (secondary N) is 2. The van der Waals surface area contributed by atoms with Crippen LogP contribution >= 0.6 is 0 Å². The number of rotatable bonds is 7. The predicted octanol–water partition coefficient (Wildman–Crippen LogP) is 4.23. The molecule has 0 radical (unpaired) electrons. The molecule has 0 amide bonds. The maximum atomic E-state index is 12.6. The molecule has 10 nitrogen and oxygen atoms in total. The number of aromatic nitrogens is 2. The van der Waals surface area contributed by atoms with Gasteiger partial charge in [-0.15, -0.1) is 0 Å². The Morgan fingerprint density at radius 3 is 2.21 bits per heavy atom. The van der Waals surface area contributed by atoms with Gasteiger partial charge >= 0.3 is 0 Å². The van der Waals surface area contributed by atoms with Gasteiger partial charge in [-0.2, -0.15) is 0 Å². The predicted molar refractivity (Wildman–Crippen MR) is 126 cm³/mol. The molecular weight excluding hydrogens is 444 g/mol. The van der Waals surface area contributed by atoms with Crippen LogP contribution in [0.5, 0.6) is 0 Å². The third kappa shape index (κ3) is 5.55. The molecule has 0 atom stereocenters. The van der Waals surface area contributed by atoms with Crippen LogP contribution in [0.2, 0.25) is 0 Å². The van der Waals surface area contributed by atoms with Crippen molar-refractivity contribution in [2.45, 2.75) is 31.1 Å². The first-order valence-electron chi connectivity index (χ1n) is 10.6. The largest absolute Gasteiger partial charge is 0.356 e. The van der Waals surface area contributed by atoms with Crippen molar-refractivity contribution in [3.05, 3.63) is 70.5 Å². The van der Waals surface area contributed by atoms with E-state index in [4.69, 9.17) is 0 Å². The van der Waals surface area contributed by atoms with Crippen molar-refractivity contribution in [1.82, 2.24) is 9.97 Å². The molecule has 2 heterocycles. The smallest absolute Gasteiger partial charge is 0.269 e. The fourth-order valence-electron chi connectivity index (χ4n) is 3.63. The Bertz CT molecular complexity index is 1240. The highest BCUT2D eigenvalue weighted by Gasteiger charge is 2.17. The average molecular weight is 469 g/mol. The zero-order valence-electron chi connectivity index (χ0n) is 18.1. The minimum absolute atomic E-state index is 0.0583. The summed E-state index contributed by atoms with van der Waals surface area (Å²) in [6, 6.07) is 13.4. The van der Waals surface area contributed by atoms with Crippen molar-refractivity contribution in [1.29, 1.82) is 0 Å². The van der Waals surface area contributed by atoms with E-state index in [-0.39, 0.29) is 10.6 Å². The van der Waals surface area contributed by atoms with Gasteiger partial charge in [-0.3, -0.25) is 14.8 Å². The highest BCUT2D eigenvalue weighted by atomic mass is 32.2. The number of hydrogen-bond acceptors (Lipinski definition) is 8. The normalized spacial score (nSPS) is 14.0. The first-order valence-corrected chi connectivity index (χ1v) is 12.0. The summed E-state index contributed by atoms with van der Waals surface area (Å²) >= 11 is 0. The van der Waals surface area contributed by atoms with Gasteiger partial charge in [0.05, 0.1) is 9.82 Å². The van der Waals surface area contributed by atoms with Crippen LogP contribution < -0.4 is 14.9 Å². The molecule has 1 aliphatic rings. The van der Waals surface area contributed by atoms with Gasteiger partial charge in [-0.05, 0) is 62.6 Å². The number of benzene rings is 2. The minimum atomic E-state index is -3.87. The number of non-ortho nitro benzene ring substituents is 1. The lowest BCUT2D eigenvalue weighted by Gasteiger charge is -2.28. The van der Waals surface area contributed by atoms with E-state index < -0.39 is 14.9 Å². The van der Waals surface area contributed by atoms with Crippen LogP contribution in [0.25, 0.3) is 0 Å². The second-order valence-corrected chi connectivity index (χ2v) is 9.45. The molecule has 2 aromatic carbocycles. The number of anilines is 4. The van der Waals surface area contributed by atoms with Gasteiger partial charge in [-0.25, -0.2) is 18.4 Å². The minimum Gasteiger partial charge on any atom is -0.356 e. The number of nitro benzene ring substituents is 1. The van der Waals surface area contributed by atoms with Gasteiger partial charge in [0.1, 0.15) is 17.5 Å². The van der Waals surface area contributed by atoms with Crippen LogP contribution in [0.3, 0.4) is 0 Å². The SMILES string of the molecule is Cc1nc(Nc2ccc(NS(=O)(=O)c3ccc([N+](=O)[O-])cc3)cc2)cc(N2CCCCC2)n1. The molecule has 11 heteroatoms. The van der Waals surface area contributed by atoms with Crippen LogP contribution in [-0.4, -0.2) is 36.4 Å². The molecule has 172 valence electrons. The number of nitro groups is 1. The summed E-state index contributed by atoms with van der Waals surface area (Å²) in [6.07, 6.45) is 3.55. The Kier molecular flexibility index (Phi) is 6.40. The van der Waals surface area contributed by atoms with Crippen LogP contribution in [0.15, 0.2) is 59.5 Å². The Hall–Kier alpha value is -3.73. The summed E-state index contributed by atoms with van der Waals surface area (Å²) in [4.78, 5) is 21.4. The molecule has 33 heavy (non-hydrogen) atoms. The molecule has 0 spiro atoms. The number of piperidine rings is 1. The zero-order chi connectivity index (χ0) is 23.4. The van der Waals surface area contributed by atoms with Crippen LogP contribution in [0.1, 0.15) is 25.1 Å². The van der Waals surface area contributed by atoms with E-state index in [1.807, 2.05) is 13.0 Å².